The number of benzene rings is 2. The number of likely N-dealkylation sites (N-methyl/N-ethyl adjacent to an activating group) is 1. The SMILES string of the molecule is CCN(CC(=O)NCc1c(C)nn(Cc2ccccc2)c1C)CC(=O)Nc1ccc(OC)cc1. The van der Waals surface area contributed by atoms with E-state index in [2.05, 4.69) is 27.9 Å². The summed E-state index contributed by atoms with van der Waals surface area (Å²) in [5.74, 6) is 0.420. The Morgan fingerprint density at radius 2 is 1.68 bits per heavy atom. The number of aryl methyl sites for hydroxylation is 1. The number of nitrogens with zero attached hydrogens (tertiary/aromatic N) is 3. The summed E-state index contributed by atoms with van der Waals surface area (Å²) in [6, 6.07) is 17.3. The maximum absolute atomic E-state index is 12.6. The quantitative estimate of drug-likeness (QED) is 0.456. The van der Waals surface area contributed by atoms with Crippen molar-refractivity contribution in [1.82, 2.24) is 20.0 Å². The zero-order valence-electron chi connectivity index (χ0n) is 20.3. The number of ether oxygens (including phenoxy) is 1. The van der Waals surface area contributed by atoms with Crippen molar-refractivity contribution in [2.24, 2.45) is 0 Å². The van der Waals surface area contributed by atoms with Crippen molar-refractivity contribution in [3.8, 4) is 5.75 Å². The summed E-state index contributed by atoms with van der Waals surface area (Å²) in [4.78, 5) is 26.8. The maximum atomic E-state index is 12.6. The fourth-order valence-electron chi connectivity index (χ4n) is 3.70. The van der Waals surface area contributed by atoms with Crippen molar-refractivity contribution >= 4 is 17.5 Å². The summed E-state index contributed by atoms with van der Waals surface area (Å²) in [6.07, 6.45) is 0. The topological polar surface area (TPSA) is 88.5 Å². The Morgan fingerprint density at radius 3 is 2.32 bits per heavy atom. The van der Waals surface area contributed by atoms with Gasteiger partial charge in [0.15, 0.2) is 0 Å². The van der Waals surface area contributed by atoms with Crippen LogP contribution in [0.1, 0.15) is 29.4 Å². The van der Waals surface area contributed by atoms with Gasteiger partial charge in [0.25, 0.3) is 0 Å². The monoisotopic (exact) mass is 463 g/mol. The molecule has 2 aromatic carbocycles. The van der Waals surface area contributed by atoms with Crippen molar-refractivity contribution < 1.29 is 14.3 Å². The summed E-state index contributed by atoms with van der Waals surface area (Å²) in [6.45, 7) is 7.84. The van der Waals surface area contributed by atoms with E-state index in [1.54, 1.807) is 36.3 Å². The van der Waals surface area contributed by atoms with E-state index in [1.807, 2.05) is 43.7 Å². The minimum Gasteiger partial charge on any atom is -0.497 e. The third-order valence-corrected chi connectivity index (χ3v) is 5.72. The summed E-state index contributed by atoms with van der Waals surface area (Å²) >= 11 is 0. The van der Waals surface area contributed by atoms with Crippen LogP contribution in [0.25, 0.3) is 0 Å². The van der Waals surface area contributed by atoms with Crippen LogP contribution in [0.3, 0.4) is 0 Å². The molecule has 1 heterocycles. The van der Waals surface area contributed by atoms with Crippen LogP contribution >= 0.6 is 0 Å². The first-order valence-electron chi connectivity index (χ1n) is 11.4. The molecule has 0 aliphatic rings. The number of anilines is 1. The highest BCUT2D eigenvalue weighted by Gasteiger charge is 2.16. The molecular weight excluding hydrogens is 430 g/mol. The molecule has 0 unspecified atom stereocenters. The summed E-state index contributed by atoms with van der Waals surface area (Å²) in [5.41, 5.74) is 4.82. The van der Waals surface area contributed by atoms with Crippen molar-refractivity contribution in [2.75, 3.05) is 32.1 Å². The number of hydrogen-bond donors (Lipinski definition) is 2. The second-order valence-corrected chi connectivity index (χ2v) is 8.15. The normalized spacial score (nSPS) is 10.9. The molecule has 0 spiro atoms. The van der Waals surface area contributed by atoms with Gasteiger partial charge in [0.05, 0.1) is 32.4 Å². The van der Waals surface area contributed by atoms with E-state index in [9.17, 15) is 9.59 Å². The Labute approximate surface area is 200 Å². The molecule has 0 radical (unpaired) electrons. The zero-order chi connectivity index (χ0) is 24.5. The molecule has 2 N–H and O–H groups in total. The maximum Gasteiger partial charge on any atom is 0.238 e. The Kier molecular flexibility index (Phi) is 8.81. The fourth-order valence-corrected chi connectivity index (χ4v) is 3.70. The van der Waals surface area contributed by atoms with Gasteiger partial charge in [-0.3, -0.25) is 19.2 Å². The van der Waals surface area contributed by atoms with Crippen molar-refractivity contribution in [2.45, 2.75) is 33.9 Å². The molecule has 0 atom stereocenters. The van der Waals surface area contributed by atoms with Crippen LogP contribution in [0.15, 0.2) is 54.6 Å². The van der Waals surface area contributed by atoms with E-state index >= 15 is 0 Å². The van der Waals surface area contributed by atoms with Gasteiger partial charge >= 0.3 is 0 Å². The third-order valence-electron chi connectivity index (χ3n) is 5.72. The van der Waals surface area contributed by atoms with E-state index in [0.717, 1.165) is 22.7 Å². The standard InChI is InChI=1S/C26H33N5O3/c1-5-30(18-26(33)28-22-11-13-23(34-4)14-12-22)17-25(32)27-15-24-19(2)29-31(20(24)3)16-21-9-7-6-8-10-21/h6-14H,5,15-18H2,1-4H3,(H,27,32)(H,28,33). The molecule has 34 heavy (non-hydrogen) atoms. The first-order chi connectivity index (χ1) is 16.4. The molecule has 8 nitrogen and oxygen atoms in total. The van der Waals surface area contributed by atoms with Crippen LogP contribution in [0.2, 0.25) is 0 Å². The molecule has 180 valence electrons. The second-order valence-electron chi connectivity index (χ2n) is 8.15. The lowest BCUT2D eigenvalue weighted by Crippen LogP contribution is -2.41. The molecule has 1 aromatic heterocycles. The molecule has 0 saturated heterocycles. The minimum atomic E-state index is -0.173. The molecular formula is C26H33N5O3. The number of carbonyl (C=O) groups excluding carboxylic acids is 2. The Hall–Kier alpha value is -3.65. The van der Waals surface area contributed by atoms with E-state index in [-0.39, 0.29) is 24.9 Å². The number of carbonyl (C=O) groups is 2. The van der Waals surface area contributed by atoms with Crippen LogP contribution < -0.4 is 15.4 Å². The minimum absolute atomic E-state index is 0.128. The van der Waals surface area contributed by atoms with Gasteiger partial charge in [-0.1, -0.05) is 37.3 Å². The predicted octanol–water partition coefficient (Wildman–Crippen LogP) is 3.13. The summed E-state index contributed by atoms with van der Waals surface area (Å²) in [7, 11) is 1.59. The number of hydrogen-bond acceptors (Lipinski definition) is 5. The van der Waals surface area contributed by atoms with Crippen LogP contribution in [-0.2, 0) is 22.7 Å². The first-order valence-corrected chi connectivity index (χ1v) is 11.4. The Morgan fingerprint density at radius 1 is 1.00 bits per heavy atom. The van der Waals surface area contributed by atoms with Crippen LogP contribution in [0.4, 0.5) is 5.69 Å². The Balaban J connectivity index is 1.50. The summed E-state index contributed by atoms with van der Waals surface area (Å²) in [5, 5.41) is 10.5. The van der Waals surface area contributed by atoms with Gasteiger partial charge in [0, 0.05) is 23.5 Å². The van der Waals surface area contributed by atoms with Crippen LogP contribution in [0.5, 0.6) is 5.75 Å². The number of rotatable bonds is 11. The molecule has 3 aromatic rings. The Bertz CT molecular complexity index is 1090. The van der Waals surface area contributed by atoms with E-state index in [1.165, 1.54) is 5.56 Å². The van der Waals surface area contributed by atoms with Gasteiger partial charge in [-0.05, 0) is 50.2 Å². The highest BCUT2D eigenvalue weighted by Crippen LogP contribution is 2.16. The van der Waals surface area contributed by atoms with Crippen LogP contribution in [0, 0.1) is 13.8 Å². The largest absolute Gasteiger partial charge is 0.497 e. The molecule has 8 heteroatoms. The van der Waals surface area contributed by atoms with Gasteiger partial charge in [0.2, 0.25) is 11.8 Å². The fraction of sp³-hybridized carbons (Fsp3) is 0.346. The molecule has 0 aliphatic carbocycles. The number of nitrogens with one attached hydrogen (secondary N) is 2. The van der Waals surface area contributed by atoms with Crippen molar-refractivity contribution in [3.05, 3.63) is 77.1 Å². The number of methoxy groups -OCH3 is 1. The van der Waals surface area contributed by atoms with Crippen molar-refractivity contribution in [1.29, 1.82) is 0 Å². The molecule has 0 fully saturated rings. The predicted molar refractivity (Wildman–Crippen MR) is 133 cm³/mol. The van der Waals surface area contributed by atoms with Crippen LogP contribution in [-0.4, -0.2) is 53.2 Å². The first kappa shape index (κ1) is 25.0. The van der Waals surface area contributed by atoms with Gasteiger partial charge in [-0.2, -0.15) is 5.10 Å². The van der Waals surface area contributed by atoms with E-state index in [4.69, 9.17) is 4.74 Å². The summed E-state index contributed by atoms with van der Waals surface area (Å²) < 4.78 is 7.09. The second kappa shape index (κ2) is 12.0. The third kappa shape index (κ3) is 6.92. The van der Waals surface area contributed by atoms with Gasteiger partial charge in [0.1, 0.15) is 5.75 Å². The number of amides is 2. The highest BCUT2D eigenvalue weighted by atomic mass is 16.5. The zero-order valence-corrected chi connectivity index (χ0v) is 20.3. The average molecular weight is 464 g/mol. The molecule has 3 rings (SSSR count). The number of aromatic nitrogens is 2. The lowest BCUT2D eigenvalue weighted by molar-refractivity contribution is -0.123. The average Bonchev–Trinajstić information content (AvgIpc) is 3.10. The molecule has 2 amide bonds. The van der Waals surface area contributed by atoms with Gasteiger partial charge < -0.3 is 15.4 Å². The molecule has 0 saturated carbocycles. The van der Waals surface area contributed by atoms with Gasteiger partial charge in [-0.15, -0.1) is 0 Å². The van der Waals surface area contributed by atoms with Gasteiger partial charge in [-0.25, -0.2) is 0 Å². The van der Waals surface area contributed by atoms with E-state index < -0.39 is 0 Å². The van der Waals surface area contributed by atoms with E-state index in [0.29, 0.717) is 25.3 Å². The molecule has 0 aliphatic heterocycles. The lowest BCUT2D eigenvalue weighted by atomic mass is 10.2. The highest BCUT2D eigenvalue weighted by molar-refractivity contribution is 5.92. The smallest absolute Gasteiger partial charge is 0.238 e. The van der Waals surface area contributed by atoms with Crippen molar-refractivity contribution in [3.63, 3.8) is 0 Å². The molecule has 0 bridgehead atoms. The lowest BCUT2D eigenvalue weighted by Gasteiger charge is -2.19.